The minimum Gasteiger partial charge on any atom is -0.493 e. The van der Waals surface area contributed by atoms with E-state index in [0.29, 0.717) is 0 Å². The van der Waals surface area contributed by atoms with E-state index in [1.165, 1.54) is 33.4 Å². The van der Waals surface area contributed by atoms with Crippen LogP contribution < -0.4 is 14.2 Å². The average molecular weight is 403 g/mol. The molecule has 3 heterocycles. The number of benzene rings is 3. The first-order valence-electron chi connectivity index (χ1n) is 10.8. The fraction of sp³-hybridized carbons (Fsp3) is 0.333. The van der Waals surface area contributed by atoms with E-state index in [4.69, 9.17) is 14.2 Å². The van der Waals surface area contributed by atoms with Gasteiger partial charge in [-0.3, -0.25) is 0 Å². The van der Waals surface area contributed by atoms with E-state index in [2.05, 4.69) is 75.4 Å². The third-order valence-corrected chi connectivity index (χ3v) is 5.53. The molecule has 0 radical (unpaired) electrons. The second-order valence-corrected chi connectivity index (χ2v) is 8.13. The fourth-order valence-corrected chi connectivity index (χ4v) is 3.95. The molecule has 0 fully saturated rings. The minimum absolute atomic E-state index is 0.860. The number of ether oxygens (including phenoxy) is 3. The molecule has 0 amide bonds. The zero-order valence-corrected chi connectivity index (χ0v) is 18.2. The Labute approximate surface area is 179 Å². The van der Waals surface area contributed by atoms with Gasteiger partial charge in [-0.25, -0.2) is 0 Å². The third kappa shape index (κ3) is 4.96. The van der Waals surface area contributed by atoms with Gasteiger partial charge in [0.2, 0.25) is 0 Å². The summed E-state index contributed by atoms with van der Waals surface area (Å²) >= 11 is 0. The number of hydrogen-bond donors (Lipinski definition) is 0. The van der Waals surface area contributed by atoms with Gasteiger partial charge in [-0.1, -0.05) is 53.1 Å². The summed E-state index contributed by atoms with van der Waals surface area (Å²) in [7, 11) is 0. The van der Waals surface area contributed by atoms with Crippen molar-refractivity contribution in [2.45, 2.75) is 40.0 Å². The predicted molar refractivity (Wildman–Crippen MR) is 121 cm³/mol. The Balaban J connectivity index is 0.000000109. The van der Waals surface area contributed by atoms with E-state index in [0.717, 1.165) is 56.3 Å². The zero-order chi connectivity index (χ0) is 20.9. The summed E-state index contributed by atoms with van der Waals surface area (Å²) in [5, 5.41) is 0. The molecule has 0 aliphatic carbocycles. The Hall–Kier alpha value is -2.94. The molecule has 0 spiro atoms. The highest BCUT2D eigenvalue weighted by molar-refractivity contribution is 5.40. The molecular formula is C27H30O3. The van der Waals surface area contributed by atoms with Crippen molar-refractivity contribution < 1.29 is 14.2 Å². The summed E-state index contributed by atoms with van der Waals surface area (Å²) < 4.78 is 16.1. The minimum atomic E-state index is 0.860. The Morgan fingerprint density at radius 1 is 0.467 bits per heavy atom. The summed E-state index contributed by atoms with van der Waals surface area (Å²) in [5.41, 5.74) is 8.05. The van der Waals surface area contributed by atoms with Crippen LogP contribution in [0.15, 0.2) is 54.6 Å². The molecule has 3 aromatic carbocycles. The molecule has 3 aromatic rings. The van der Waals surface area contributed by atoms with Gasteiger partial charge in [-0.15, -0.1) is 0 Å². The van der Waals surface area contributed by atoms with Gasteiger partial charge in [0, 0.05) is 19.3 Å². The molecule has 0 atom stereocenters. The van der Waals surface area contributed by atoms with Gasteiger partial charge in [0.05, 0.1) is 19.8 Å². The maximum atomic E-state index is 5.35. The molecule has 156 valence electrons. The first-order chi connectivity index (χ1) is 14.6. The molecule has 0 N–H and O–H groups in total. The summed E-state index contributed by atoms with van der Waals surface area (Å²) in [5.74, 6) is 3.22. The summed E-state index contributed by atoms with van der Waals surface area (Å²) in [6.07, 6.45) is 3.24. The van der Waals surface area contributed by atoms with Crippen molar-refractivity contribution in [3.05, 3.63) is 88.0 Å². The maximum absolute atomic E-state index is 5.35. The molecule has 3 aliphatic rings. The number of hydrogen-bond acceptors (Lipinski definition) is 3. The molecule has 6 rings (SSSR count). The van der Waals surface area contributed by atoms with E-state index in [1.54, 1.807) is 0 Å². The second kappa shape index (κ2) is 9.25. The van der Waals surface area contributed by atoms with Gasteiger partial charge < -0.3 is 14.2 Å². The first kappa shape index (κ1) is 20.3. The van der Waals surface area contributed by atoms with Crippen LogP contribution in [0.3, 0.4) is 0 Å². The van der Waals surface area contributed by atoms with Gasteiger partial charge in [-0.2, -0.15) is 0 Å². The summed E-state index contributed by atoms with van der Waals surface area (Å²) in [4.78, 5) is 0. The van der Waals surface area contributed by atoms with Crippen LogP contribution >= 0.6 is 0 Å². The molecule has 3 nitrogen and oxygen atoms in total. The number of rotatable bonds is 0. The topological polar surface area (TPSA) is 27.7 Å². The standard InChI is InChI=1S/3C9H10O/c3*1-7-2-3-9-8(6-7)4-5-10-9/h3*2-3,6H,4-5H2,1H3. The van der Waals surface area contributed by atoms with Crippen LogP contribution in [0.2, 0.25) is 0 Å². The average Bonchev–Trinajstić information content (AvgIpc) is 3.48. The van der Waals surface area contributed by atoms with Gasteiger partial charge in [0.25, 0.3) is 0 Å². The zero-order valence-electron chi connectivity index (χ0n) is 18.2. The van der Waals surface area contributed by atoms with Crippen LogP contribution in [-0.2, 0) is 19.3 Å². The fourth-order valence-electron chi connectivity index (χ4n) is 3.95. The normalized spacial score (nSPS) is 14.5. The highest BCUT2D eigenvalue weighted by Gasteiger charge is 2.11. The van der Waals surface area contributed by atoms with Gasteiger partial charge in [0.1, 0.15) is 17.2 Å². The molecule has 0 bridgehead atoms. The van der Waals surface area contributed by atoms with Crippen molar-refractivity contribution in [3.8, 4) is 17.2 Å². The lowest BCUT2D eigenvalue weighted by atomic mass is 10.1. The summed E-state index contributed by atoms with van der Waals surface area (Å²) in [6, 6.07) is 19.0. The molecule has 0 unspecified atom stereocenters. The Morgan fingerprint density at radius 3 is 1.07 bits per heavy atom. The van der Waals surface area contributed by atoms with E-state index >= 15 is 0 Å². The van der Waals surface area contributed by atoms with Crippen molar-refractivity contribution in [2.24, 2.45) is 0 Å². The van der Waals surface area contributed by atoms with Crippen LogP contribution in [0.25, 0.3) is 0 Å². The highest BCUT2D eigenvalue weighted by Crippen LogP contribution is 2.26. The lowest BCUT2D eigenvalue weighted by Gasteiger charge is -1.97. The van der Waals surface area contributed by atoms with Crippen molar-refractivity contribution in [1.29, 1.82) is 0 Å². The highest BCUT2D eigenvalue weighted by atomic mass is 16.5. The monoisotopic (exact) mass is 402 g/mol. The molecule has 3 aliphatic heterocycles. The smallest absolute Gasteiger partial charge is 0.122 e. The van der Waals surface area contributed by atoms with E-state index in [9.17, 15) is 0 Å². The maximum Gasteiger partial charge on any atom is 0.122 e. The third-order valence-electron chi connectivity index (χ3n) is 5.53. The van der Waals surface area contributed by atoms with Crippen molar-refractivity contribution >= 4 is 0 Å². The lowest BCUT2D eigenvalue weighted by molar-refractivity contribution is 0.356. The van der Waals surface area contributed by atoms with Crippen molar-refractivity contribution in [2.75, 3.05) is 19.8 Å². The van der Waals surface area contributed by atoms with Crippen LogP contribution in [0, 0.1) is 20.8 Å². The first-order valence-corrected chi connectivity index (χ1v) is 10.8. The molecule has 30 heavy (non-hydrogen) atoms. The molecule has 0 saturated heterocycles. The second-order valence-electron chi connectivity index (χ2n) is 8.13. The van der Waals surface area contributed by atoms with Crippen LogP contribution in [0.4, 0.5) is 0 Å². The van der Waals surface area contributed by atoms with Gasteiger partial charge in [0.15, 0.2) is 0 Å². The Bertz CT molecular complexity index is 891. The SMILES string of the molecule is Cc1ccc2c(c1)CCO2.Cc1ccc2c(c1)CCO2.Cc1ccc2c(c1)CCO2. The number of fused-ring (bicyclic) bond motifs is 3. The summed E-state index contributed by atoms with van der Waals surface area (Å²) in [6.45, 7) is 8.91. The lowest BCUT2D eigenvalue weighted by Crippen LogP contribution is -1.85. The van der Waals surface area contributed by atoms with Crippen molar-refractivity contribution in [3.63, 3.8) is 0 Å². The Kier molecular flexibility index (Phi) is 6.27. The van der Waals surface area contributed by atoms with Gasteiger partial charge >= 0.3 is 0 Å². The molecular weight excluding hydrogens is 372 g/mol. The van der Waals surface area contributed by atoms with Crippen LogP contribution in [0.1, 0.15) is 33.4 Å². The quantitative estimate of drug-likeness (QED) is 0.476. The molecule has 3 heteroatoms. The molecule has 0 aromatic heterocycles. The largest absolute Gasteiger partial charge is 0.493 e. The van der Waals surface area contributed by atoms with Crippen LogP contribution in [-0.4, -0.2) is 19.8 Å². The van der Waals surface area contributed by atoms with E-state index < -0.39 is 0 Å². The van der Waals surface area contributed by atoms with Crippen molar-refractivity contribution in [1.82, 2.24) is 0 Å². The molecule has 0 saturated carbocycles. The van der Waals surface area contributed by atoms with E-state index in [-0.39, 0.29) is 0 Å². The predicted octanol–water partition coefficient (Wildman–Crippen LogP) is 5.79. The van der Waals surface area contributed by atoms with Gasteiger partial charge in [-0.05, 0) is 55.7 Å². The number of aryl methyl sites for hydroxylation is 3. The Morgan fingerprint density at radius 2 is 0.767 bits per heavy atom. The van der Waals surface area contributed by atoms with E-state index in [1.807, 2.05) is 0 Å². The van der Waals surface area contributed by atoms with Crippen LogP contribution in [0.5, 0.6) is 17.2 Å².